The summed E-state index contributed by atoms with van der Waals surface area (Å²) in [7, 11) is 0. The zero-order valence-electron chi connectivity index (χ0n) is 12.5. The maximum absolute atomic E-state index is 15.2. The minimum Gasteiger partial charge on any atom is -0.333 e. The minimum atomic E-state index is -1.55. The van der Waals surface area contributed by atoms with Gasteiger partial charge in [0.25, 0.3) is 0 Å². The topological polar surface area (TPSA) is 32.3 Å². The lowest BCUT2D eigenvalue weighted by Crippen LogP contribution is -2.40. The van der Waals surface area contributed by atoms with Gasteiger partial charge in [-0.1, -0.05) is 37.4 Å². The summed E-state index contributed by atoms with van der Waals surface area (Å²) >= 11 is 0. The largest absolute Gasteiger partial charge is 0.333 e. The normalized spacial score (nSPS) is 19.9. The van der Waals surface area contributed by atoms with Crippen LogP contribution < -0.4 is 5.32 Å². The van der Waals surface area contributed by atoms with Gasteiger partial charge < -0.3 is 10.2 Å². The van der Waals surface area contributed by atoms with Crippen LogP contribution in [0.1, 0.15) is 43.9 Å². The van der Waals surface area contributed by atoms with Gasteiger partial charge in [-0.15, -0.1) is 0 Å². The lowest BCUT2D eigenvalue weighted by atomic mass is 10.0. The van der Waals surface area contributed by atoms with Crippen molar-refractivity contribution in [1.82, 2.24) is 10.2 Å². The smallest absolute Gasteiger partial charge is 0.211 e. The fourth-order valence-electron chi connectivity index (χ4n) is 2.97. The van der Waals surface area contributed by atoms with Crippen LogP contribution in [0.25, 0.3) is 5.70 Å². The first-order chi connectivity index (χ1) is 9.88. The van der Waals surface area contributed by atoms with E-state index < -0.39 is 5.79 Å². The molecule has 1 aliphatic heterocycles. The predicted molar refractivity (Wildman–Crippen MR) is 82.8 cm³/mol. The number of halogens is 1. The van der Waals surface area contributed by atoms with E-state index in [-0.39, 0.29) is 12.5 Å². The standard InChI is InChI=1S/C17H21FN2O/c1-12(19-11-21)9-10-17(4,18)20-13(2)15-7-5-6-8-16(15)14(20)3/h5-8,11,14H,1-2,9-10H2,3-4H3,(H,19,21). The van der Waals surface area contributed by atoms with E-state index in [0.29, 0.717) is 24.2 Å². The summed E-state index contributed by atoms with van der Waals surface area (Å²) < 4.78 is 15.2. The number of fused-ring (bicyclic) bond motifs is 1. The van der Waals surface area contributed by atoms with E-state index in [0.717, 1.165) is 11.1 Å². The number of rotatable bonds is 6. The van der Waals surface area contributed by atoms with Crippen LogP contribution in [0.4, 0.5) is 4.39 Å². The molecule has 2 unspecified atom stereocenters. The van der Waals surface area contributed by atoms with Gasteiger partial charge in [-0.2, -0.15) is 0 Å². The molecule has 3 nitrogen and oxygen atoms in total. The molecular weight excluding hydrogens is 267 g/mol. The fourth-order valence-corrected chi connectivity index (χ4v) is 2.97. The van der Waals surface area contributed by atoms with Crippen molar-refractivity contribution < 1.29 is 9.18 Å². The molecule has 112 valence electrons. The molecule has 21 heavy (non-hydrogen) atoms. The van der Waals surface area contributed by atoms with E-state index >= 15 is 4.39 Å². The molecule has 0 radical (unpaired) electrons. The molecule has 4 heteroatoms. The Labute approximate surface area is 125 Å². The number of allylic oxidation sites excluding steroid dienone is 1. The maximum atomic E-state index is 15.2. The molecule has 0 saturated heterocycles. The molecule has 1 aliphatic rings. The van der Waals surface area contributed by atoms with Gasteiger partial charge in [0.2, 0.25) is 6.41 Å². The number of hydrogen-bond donors (Lipinski definition) is 1. The number of alkyl halides is 1. The second-order valence-electron chi connectivity index (χ2n) is 5.59. The summed E-state index contributed by atoms with van der Waals surface area (Å²) in [6.07, 6.45) is 1.19. The molecule has 1 aromatic rings. The van der Waals surface area contributed by atoms with Crippen LogP contribution in [0, 0.1) is 0 Å². The average molecular weight is 288 g/mol. The summed E-state index contributed by atoms with van der Waals surface area (Å²) in [5, 5.41) is 2.47. The van der Waals surface area contributed by atoms with Gasteiger partial charge in [0.05, 0.1) is 6.04 Å². The minimum absolute atomic E-state index is 0.0593. The number of benzene rings is 1. The molecule has 1 aromatic carbocycles. The van der Waals surface area contributed by atoms with E-state index in [9.17, 15) is 4.79 Å². The van der Waals surface area contributed by atoms with Crippen molar-refractivity contribution in [2.24, 2.45) is 0 Å². The Balaban J connectivity index is 2.16. The lowest BCUT2D eigenvalue weighted by Gasteiger charge is -2.37. The molecule has 0 saturated carbocycles. The van der Waals surface area contributed by atoms with Crippen LogP contribution in [0.15, 0.2) is 43.1 Å². The molecule has 0 aliphatic carbocycles. The van der Waals surface area contributed by atoms with Gasteiger partial charge in [0.15, 0.2) is 5.79 Å². The third-order valence-corrected chi connectivity index (χ3v) is 4.05. The highest BCUT2D eigenvalue weighted by Gasteiger charge is 2.41. The monoisotopic (exact) mass is 288 g/mol. The Kier molecular flexibility index (Phi) is 4.16. The van der Waals surface area contributed by atoms with Gasteiger partial charge in [0.1, 0.15) is 0 Å². The van der Waals surface area contributed by atoms with Crippen LogP contribution in [-0.2, 0) is 4.79 Å². The van der Waals surface area contributed by atoms with Gasteiger partial charge >= 0.3 is 0 Å². The Morgan fingerprint density at radius 3 is 2.81 bits per heavy atom. The molecule has 1 amide bonds. The van der Waals surface area contributed by atoms with Crippen LogP contribution in [0.3, 0.4) is 0 Å². The van der Waals surface area contributed by atoms with Crippen molar-refractivity contribution in [1.29, 1.82) is 0 Å². The van der Waals surface area contributed by atoms with Crippen molar-refractivity contribution >= 4 is 12.1 Å². The highest BCUT2D eigenvalue weighted by atomic mass is 19.1. The SMILES string of the molecule is C=C(CCC(C)(F)N1C(=C)c2ccccc2C1C)NC=O. The van der Waals surface area contributed by atoms with Crippen molar-refractivity contribution in [3.8, 4) is 0 Å². The first-order valence-electron chi connectivity index (χ1n) is 7.03. The van der Waals surface area contributed by atoms with Crippen LogP contribution in [0.5, 0.6) is 0 Å². The Bertz CT molecular complexity index is 580. The third-order valence-electron chi connectivity index (χ3n) is 4.05. The summed E-state index contributed by atoms with van der Waals surface area (Å²) in [5.74, 6) is -1.55. The molecular formula is C17H21FN2O. The summed E-state index contributed by atoms with van der Waals surface area (Å²) in [4.78, 5) is 12.1. The number of hydrogen-bond acceptors (Lipinski definition) is 2. The average Bonchev–Trinajstić information content (AvgIpc) is 2.70. The Hall–Kier alpha value is -2.10. The number of nitrogens with zero attached hydrogens (tertiary/aromatic N) is 1. The van der Waals surface area contributed by atoms with Gasteiger partial charge in [-0.05, 0) is 25.8 Å². The molecule has 1 N–H and O–H groups in total. The van der Waals surface area contributed by atoms with Gasteiger partial charge in [-0.3, -0.25) is 4.79 Å². The second-order valence-corrected chi connectivity index (χ2v) is 5.59. The van der Waals surface area contributed by atoms with Gasteiger partial charge in [-0.25, -0.2) is 4.39 Å². The molecule has 0 spiro atoms. The summed E-state index contributed by atoms with van der Waals surface area (Å²) in [6.45, 7) is 11.3. The zero-order chi connectivity index (χ0) is 15.6. The molecule has 0 aromatic heterocycles. The number of nitrogens with one attached hydrogen (secondary N) is 1. The van der Waals surface area contributed by atoms with E-state index in [1.807, 2.05) is 31.2 Å². The predicted octanol–water partition coefficient (Wildman–Crippen LogP) is 3.76. The molecule has 0 bridgehead atoms. The number of carbonyl (C=O) groups is 1. The van der Waals surface area contributed by atoms with Crippen LogP contribution in [-0.4, -0.2) is 17.1 Å². The van der Waals surface area contributed by atoms with E-state index in [1.165, 1.54) is 0 Å². The van der Waals surface area contributed by atoms with E-state index in [4.69, 9.17) is 0 Å². The highest BCUT2D eigenvalue weighted by Crippen LogP contribution is 2.46. The highest BCUT2D eigenvalue weighted by molar-refractivity contribution is 5.70. The lowest BCUT2D eigenvalue weighted by molar-refractivity contribution is -0.109. The Morgan fingerprint density at radius 2 is 2.19 bits per heavy atom. The molecule has 0 fully saturated rings. The van der Waals surface area contributed by atoms with Crippen LogP contribution in [0.2, 0.25) is 0 Å². The van der Waals surface area contributed by atoms with Gasteiger partial charge in [0, 0.05) is 23.4 Å². The maximum Gasteiger partial charge on any atom is 0.211 e. The quantitative estimate of drug-likeness (QED) is 0.638. The fraction of sp³-hybridized carbons (Fsp3) is 0.353. The van der Waals surface area contributed by atoms with Crippen molar-refractivity contribution in [3.63, 3.8) is 0 Å². The van der Waals surface area contributed by atoms with Crippen molar-refractivity contribution in [2.75, 3.05) is 0 Å². The van der Waals surface area contributed by atoms with E-state index in [1.54, 1.807) is 11.8 Å². The van der Waals surface area contributed by atoms with Crippen molar-refractivity contribution in [3.05, 3.63) is 54.2 Å². The van der Waals surface area contributed by atoms with Crippen molar-refractivity contribution in [2.45, 2.75) is 38.5 Å². The summed E-state index contributed by atoms with van der Waals surface area (Å²) in [6, 6.07) is 7.81. The first-order valence-corrected chi connectivity index (χ1v) is 7.03. The van der Waals surface area contributed by atoms with Crippen LogP contribution >= 0.6 is 0 Å². The molecule has 1 heterocycles. The first kappa shape index (κ1) is 15.3. The van der Waals surface area contributed by atoms with E-state index in [2.05, 4.69) is 18.5 Å². The zero-order valence-corrected chi connectivity index (χ0v) is 12.5. The number of amides is 1. The molecule has 2 rings (SSSR count). The molecule has 2 atom stereocenters. The summed E-state index contributed by atoms with van der Waals surface area (Å²) in [5.41, 5.74) is 3.32. The Morgan fingerprint density at radius 1 is 1.52 bits per heavy atom. The third kappa shape index (κ3) is 2.84. The second kappa shape index (κ2) is 5.72. The number of carbonyl (C=O) groups excluding carboxylic acids is 1.